The maximum Gasteiger partial charge on any atom is 0.180 e. The molecule has 0 amide bonds. The predicted molar refractivity (Wildman–Crippen MR) is 73.5 cm³/mol. The van der Waals surface area contributed by atoms with Crippen LogP contribution in [0.1, 0.15) is 30.6 Å². The highest BCUT2D eigenvalue weighted by Crippen LogP contribution is 2.30. The number of hydrogen-bond acceptors (Lipinski definition) is 5. The SMILES string of the molecule is Nc1ncc(CN2CCCC(OCC3CC3)C2)s1. The number of nitrogens with two attached hydrogens (primary N) is 1. The molecule has 0 spiro atoms. The summed E-state index contributed by atoms with van der Waals surface area (Å²) in [5, 5.41) is 0.670. The van der Waals surface area contributed by atoms with Crippen molar-refractivity contribution in [3.63, 3.8) is 0 Å². The topological polar surface area (TPSA) is 51.4 Å². The number of thiazole rings is 1. The molecule has 2 aliphatic rings. The molecule has 1 saturated carbocycles. The second-order valence-electron chi connectivity index (χ2n) is 5.44. The normalized spacial score (nSPS) is 25.4. The zero-order valence-corrected chi connectivity index (χ0v) is 11.5. The largest absolute Gasteiger partial charge is 0.377 e. The van der Waals surface area contributed by atoms with E-state index < -0.39 is 0 Å². The maximum absolute atomic E-state index is 6.00. The van der Waals surface area contributed by atoms with Crippen molar-refractivity contribution in [2.75, 3.05) is 25.4 Å². The van der Waals surface area contributed by atoms with Gasteiger partial charge >= 0.3 is 0 Å². The lowest BCUT2D eigenvalue weighted by Crippen LogP contribution is -2.39. The van der Waals surface area contributed by atoms with E-state index in [2.05, 4.69) is 9.88 Å². The van der Waals surface area contributed by atoms with Crippen LogP contribution < -0.4 is 5.73 Å². The minimum absolute atomic E-state index is 0.435. The van der Waals surface area contributed by atoms with Crippen LogP contribution in [-0.2, 0) is 11.3 Å². The van der Waals surface area contributed by atoms with Gasteiger partial charge in [-0.15, -0.1) is 11.3 Å². The van der Waals surface area contributed by atoms with E-state index in [1.165, 1.54) is 37.1 Å². The zero-order chi connectivity index (χ0) is 12.4. The van der Waals surface area contributed by atoms with Gasteiger partial charge in [-0.25, -0.2) is 4.98 Å². The third-order valence-corrected chi connectivity index (χ3v) is 4.49. The number of likely N-dealkylation sites (tertiary alicyclic amines) is 1. The summed E-state index contributed by atoms with van der Waals surface area (Å²) in [7, 11) is 0. The summed E-state index contributed by atoms with van der Waals surface area (Å²) in [6, 6.07) is 0. The van der Waals surface area contributed by atoms with Crippen LogP contribution in [0.2, 0.25) is 0 Å². The van der Waals surface area contributed by atoms with Gasteiger partial charge < -0.3 is 10.5 Å². The fourth-order valence-electron chi connectivity index (χ4n) is 2.47. The lowest BCUT2D eigenvalue weighted by molar-refractivity contribution is -0.00701. The second kappa shape index (κ2) is 5.55. The Morgan fingerprint density at radius 3 is 3.06 bits per heavy atom. The van der Waals surface area contributed by atoms with Crippen molar-refractivity contribution in [2.24, 2.45) is 5.92 Å². The van der Waals surface area contributed by atoms with Crippen LogP contribution in [0.5, 0.6) is 0 Å². The molecule has 0 bridgehead atoms. The maximum atomic E-state index is 6.00. The summed E-state index contributed by atoms with van der Waals surface area (Å²) in [5.74, 6) is 0.863. The Balaban J connectivity index is 1.46. The molecule has 100 valence electrons. The van der Waals surface area contributed by atoms with Crippen LogP contribution >= 0.6 is 11.3 Å². The van der Waals surface area contributed by atoms with Crippen LogP contribution in [0.4, 0.5) is 5.13 Å². The minimum atomic E-state index is 0.435. The average molecular weight is 267 g/mol. The van der Waals surface area contributed by atoms with Crippen molar-refractivity contribution in [2.45, 2.75) is 38.3 Å². The molecule has 1 aromatic heterocycles. The fourth-order valence-corrected chi connectivity index (χ4v) is 3.19. The number of nitrogens with zero attached hydrogens (tertiary/aromatic N) is 2. The van der Waals surface area contributed by atoms with Gasteiger partial charge in [0.2, 0.25) is 0 Å². The molecule has 2 fully saturated rings. The van der Waals surface area contributed by atoms with Gasteiger partial charge in [-0.05, 0) is 38.1 Å². The van der Waals surface area contributed by atoms with E-state index in [0.29, 0.717) is 11.2 Å². The molecular weight excluding hydrogens is 246 g/mol. The van der Waals surface area contributed by atoms with E-state index in [0.717, 1.165) is 25.6 Å². The Kier molecular flexibility index (Phi) is 3.82. The number of aromatic nitrogens is 1. The molecular formula is C13H21N3OS. The highest BCUT2D eigenvalue weighted by Gasteiger charge is 2.26. The smallest absolute Gasteiger partial charge is 0.180 e. The lowest BCUT2D eigenvalue weighted by atomic mass is 10.1. The predicted octanol–water partition coefficient (Wildman–Crippen LogP) is 2.12. The Morgan fingerprint density at radius 1 is 1.44 bits per heavy atom. The highest BCUT2D eigenvalue weighted by molar-refractivity contribution is 7.15. The molecule has 0 aromatic carbocycles. The molecule has 1 aliphatic carbocycles. The van der Waals surface area contributed by atoms with Gasteiger partial charge in [0.15, 0.2) is 5.13 Å². The highest BCUT2D eigenvalue weighted by atomic mass is 32.1. The van der Waals surface area contributed by atoms with Crippen molar-refractivity contribution in [3.8, 4) is 0 Å². The summed E-state index contributed by atoms with van der Waals surface area (Å²) in [5.41, 5.74) is 5.66. The third kappa shape index (κ3) is 3.43. The molecule has 1 aliphatic heterocycles. The first kappa shape index (κ1) is 12.4. The molecule has 0 radical (unpaired) electrons. The third-order valence-electron chi connectivity index (χ3n) is 3.68. The van der Waals surface area contributed by atoms with Crippen LogP contribution in [0, 0.1) is 5.92 Å². The first-order valence-corrected chi connectivity index (χ1v) is 7.65. The Bertz CT molecular complexity index is 391. The molecule has 5 heteroatoms. The van der Waals surface area contributed by atoms with Crippen molar-refractivity contribution >= 4 is 16.5 Å². The number of hydrogen-bond donors (Lipinski definition) is 1. The van der Waals surface area contributed by atoms with E-state index >= 15 is 0 Å². The minimum Gasteiger partial charge on any atom is -0.377 e. The average Bonchev–Trinajstić information content (AvgIpc) is 3.11. The van der Waals surface area contributed by atoms with E-state index in [1.54, 1.807) is 11.3 Å². The van der Waals surface area contributed by atoms with Crippen LogP contribution in [0.3, 0.4) is 0 Å². The van der Waals surface area contributed by atoms with Gasteiger partial charge in [0.1, 0.15) is 0 Å². The molecule has 1 atom stereocenters. The molecule has 1 aromatic rings. The van der Waals surface area contributed by atoms with Gasteiger partial charge in [0, 0.05) is 30.8 Å². The first-order chi connectivity index (χ1) is 8.79. The van der Waals surface area contributed by atoms with E-state index in [4.69, 9.17) is 10.5 Å². The number of nitrogen functional groups attached to an aromatic ring is 1. The molecule has 1 unspecified atom stereocenters. The van der Waals surface area contributed by atoms with Gasteiger partial charge in [-0.2, -0.15) is 0 Å². The molecule has 4 nitrogen and oxygen atoms in total. The summed E-state index contributed by atoms with van der Waals surface area (Å²) in [6.07, 6.45) is 7.53. The second-order valence-corrected chi connectivity index (χ2v) is 6.59. The van der Waals surface area contributed by atoms with E-state index in [9.17, 15) is 0 Å². The van der Waals surface area contributed by atoms with E-state index in [1.807, 2.05) is 6.20 Å². The first-order valence-electron chi connectivity index (χ1n) is 6.84. The van der Waals surface area contributed by atoms with Crippen molar-refractivity contribution in [1.82, 2.24) is 9.88 Å². The van der Waals surface area contributed by atoms with Gasteiger partial charge in [0.05, 0.1) is 6.10 Å². The van der Waals surface area contributed by atoms with Gasteiger partial charge in [0.25, 0.3) is 0 Å². The van der Waals surface area contributed by atoms with Crippen LogP contribution in [-0.4, -0.2) is 35.7 Å². The molecule has 18 heavy (non-hydrogen) atoms. The van der Waals surface area contributed by atoms with E-state index in [-0.39, 0.29) is 0 Å². The van der Waals surface area contributed by atoms with Gasteiger partial charge in [-0.3, -0.25) is 4.90 Å². The molecule has 2 N–H and O–H groups in total. The zero-order valence-electron chi connectivity index (χ0n) is 10.7. The van der Waals surface area contributed by atoms with Crippen LogP contribution in [0.15, 0.2) is 6.20 Å². The summed E-state index contributed by atoms with van der Waals surface area (Å²) < 4.78 is 6.00. The summed E-state index contributed by atoms with van der Waals surface area (Å²) >= 11 is 1.60. The number of rotatable bonds is 5. The van der Waals surface area contributed by atoms with Crippen LogP contribution in [0.25, 0.3) is 0 Å². The van der Waals surface area contributed by atoms with Gasteiger partial charge in [-0.1, -0.05) is 0 Å². The Labute approximate surface area is 112 Å². The summed E-state index contributed by atoms with van der Waals surface area (Å²) in [4.78, 5) is 7.83. The Morgan fingerprint density at radius 2 is 2.33 bits per heavy atom. The van der Waals surface area contributed by atoms with Crippen molar-refractivity contribution < 1.29 is 4.74 Å². The molecule has 2 heterocycles. The molecule has 1 saturated heterocycles. The number of ether oxygens (including phenoxy) is 1. The number of piperidine rings is 1. The summed E-state index contributed by atoms with van der Waals surface area (Å²) in [6.45, 7) is 4.18. The monoisotopic (exact) mass is 267 g/mol. The Hall–Kier alpha value is -0.650. The lowest BCUT2D eigenvalue weighted by Gasteiger charge is -2.32. The number of anilines is 1. The van der Waals surface area contributed by atoms with Crippen molar-refractivity contribution in [3.05, 3.63) is 11.1 Å². The fraction of sp³-hybridized carbons (Fsp3) is 0.769. The molecule has 3 rings (SSSR count). The quantitative estimate of drug-likeness (QED) is 0.888. The van der Waals surface area contributed by atoms with Crippen molar-refractivity contribution in [1.29, 1.82) is 0 Å². The standard InChI is InChI=1S/C13H21N3OS/c14-13-15-6-12(18-13)8-16-5-1-2-11(7-16)17-9-10-3-4-10/h6,10-11H,1-5,7-9H2,(H2,14,15).